The molecule has 1 aromatic rings. The van der Waals surface area contributed by atoms with Crippen LogP contribution in [0.4, 0.5) is 0 Å². The van der Waals surface area contributed by atoms with Gasteiger partial charge in [0, 0.05) is 5.56 Å². The van der Waals surface area contributed by atoms with Crippen molar-refractivity contribution in [2.24, 2.45) is 0 Å². The normalized spacial score (nSPS) is 11.9. The molecule has 0 aromatic heterocycles. The van der Waals surface area contributed by atoms with E-state index >= 15 is 0 Å². The van der Waals surface area contributed by atoms with Gasteiger partial charge in [0.25, 0.3) is 0 Å². The van der Waals surface area contributed by atoms with E-state index in [-0.39, 0.29) is 5.60 Å². The molecule has 3 nitrogen and oxygen atoms in total. The quantitative estimate of drug-likeness (QED) is 0.710. The predicted molar refractivity (Wildman–Crippen MR) is 54.0 cm³/mol. The van der Waals surface area contributed by atoms with Crippen molar-refractivity contribution < 1.29 is 14.9 Å². The number of rotatable bonds is 2. The van der Waals surface area contributed by atoms with Crippen LogP contribution in [0.1, 0.15) is 32.6 Å². The summed E-state index contributed by atoms with van der Waals surface area (Å²) in [5, 5.41) is 17.7. The van der Waals surface area contributed by atoms with Crippen LogP contribution in [0, 0.1) is 0 Å². The zero-order chi connectivity index (χ0) is 10.8. The van der Waals surface area contributed by atoms with E-state index in [9.17, 15) is 0 Å². The Labute approximate surface area is 84.0 Å². The van der Waals surface area contributed by atoms with Gasteiger partial charge in [-0.15, -0.1) is 0 Å². The summed E-state index contributed by atoms with van der Waals surface area (Å²) >= 11 is 0. The minimum atomic E-state index is -1.42. The topological polar surface area (TPSA) is 49.7 Å². The molecule has 0 aliphatic carbocycles. The lowest BCUT2D eigenvalue weighted by Gasteiger charge is -2.21. The van der Waals surface area contributed by atoms with Gasteiger partial charge < -0.3 is 14.9 Å². The molecule has 2 N–H and O–H groups in total. The maximum absolute atomic E-state index is 8.86. The molecule has 3 heteroatoms. The molecule has 0 saturated carbocycles. The van der Waals surface area contributed by atoms with Crippen LogP contribution in [0.5, 0.6) is 5.75 Å². The molecule has 0 aliphatic rings. The third-order valence-corrected chi connectivity index (χ3v) is 1.60. The summed E-state index contributed by atoms with van der Waals surface area (Å²) in [6, 6.07) is 6.71. The molecule has 1 aromatic carbocycles. The van der Waals surface area contributed by atoms with Gasteiger partial charge >= 0.3 is 0 Å². The Morgan fingerprint density at radius 1 is 1.07 bits per heavy atom. The summed E-state index contributed by atoms with van der Waals surface area (Å²) in [6.45, 7) is 5.88. The van der Waals surface area contributed by atoms with Crippen LogP contribution in [-0.4, -0.2) is 15.8 Å². The van der Waals surface area contributed by atoms with Gasteiger partial charge in [-0.25, -0.2) is 0 Å². The molecule has 0 amide bonds. The Bertz CT molecular complexity index is 282. The van der Waals surface area contributed by atoms with E-state index in [1.807, 2.05) is 20.8 Å². The fraction of sp³-hybridized carbons (Fsp3) is 0.455. The van der Waals surface area contributed by atoms with Crippen LogP contribution in [-0.2, 0) is 0 Å². The highest BCUT2D eigenvalue weighted by Gasteiger charge is 2.11. The first-order valence-corrected chi connectivity index (χ1v) is 4.53. The number of aliphatic hydroxyl groups excluding tert-OH is 1. The first kappa shape index (κ1) is 11.0. The fourth-order valence-electron chi connectivity index (χ4n) is 1.06. The minimum absolute atomic E-state index is 0.237. The molecule has 0 radical (unpaired) electrons. The van der Waals surface area contributed by atoms with Crippen molar-refractivity contribution in [3.8, 4) is 5.75 Å². The van der Waals surface area contributed by atoms with Crippen molar-refractivity contribution in [2.75, 3.05) is 0 Å². The number of ether oxygens (including phenoxy) is 1. The predicted octanol–water partition coefficient (Wildman–Crippen LogP) is 1.85. The molecule has 0 saturated heterocycles. The van der Waals surface area contributed by atoms with Gasteiger partial charge in [-0.05, 0) is 32.9 Å². The third kappa shape index (κ3) is 3.36. The molecule has 78 valence electrons. The van der Waals surface area contributed by atoms with Gasteiger partial charge in [-0.1, -0.05) is 12.1 Å². The molecule has 0 aliphatic heterocycles. The van der Waals surface area contributed by atoms with E-state index in [0.717, 1.165) is 5.75 Å². The second-order valence-corrected chi connectivity index (χ2v) is 4.16. The molecule has 0 bridgehead atoms. The monoisotopic (exact) mass is 196 g/mol. The second-order valence-electron chi connectivity index (χ2n) is 4.16. The van der Waals surface area contributed by atoms with Crippen molar-refractivity contribution in [1.29, 1.82) is 0 Å². The van der Waals surface area contributed by atoms with Gasteiger partial charge in [-0.3, -0.25) is 0 Å². The van der Waals surface area contributed by atoms with E-state index in [4.69, 9.17) is 14.9 Å². The summed E-state index contributed by atoms with van der Waals surface area (Å²) in [4.78, 5) is 0. The van der Waals surface area contributed by atoms with Gasteiger partial charge in [-0.2, -0.15) is 0 Å². The first-order chi connectivity index (χ1) is 6.38. The molecule has 0 unspecified atom stereocenters. The zero-order valence-corrected chi connectivity index (χ0v) is 8.69. The average Bonchev–Trinajstić information content (AvgIpc) is 2.02. The second kappa shape index (κ2) is 3.98. The Morgan fingerprint density at radius 2 is 1.57 bits per heavy atom. The highest BCUT2D eigenvalue weighted by molar-refractivity contribution is 5.28. The van der Waals surface area contributed by atoms with Crippen LogP contribution in [0.25, 0.3) is 0 Å². The number of hydrogen-bond acceptors (Lipinski definition) is 3. The standard InChI is InChI=1S/C11H16O3/c1-11(2,3)14-9-6-4-8(5-7-9)10(12)13/h4-7,10,12-13H,1-3H3. The van der Waals surface area contributed by atoms with Crippen molar-refractivity contribution in [3.05, 3.63) is 29.8 Å². The lowest BCUT2D eigenvalue weighted by molar-refractivity contribution is -0.0425. The third-order valence-electron chi connectivity index (χ3n) is 1.60. The molecule has 0 heterocycles. The number of aliphatic hydroxyl groups is 2. The van der Waals surface area contributed by atoms with E-state index in [2.05, 4.69) is 0 Å². The van der Waals surface area contributed by atoms with Gasteiger partial charge in [0.2, 0.25) is 0 Å². The minimum Gasteiger partial charge on any atom is -0.488 e. The fourth-order valence-corrected chi connectivity index (χ4v) is 1.06. The lowest BCUT2D eigenvalue weighted by atomic mass is 10.1. The number of benzene rings is 1. The van der Waals surface area contributed by atoms with Crippen LogP contribution in [0.3, 0.4) is 0 Å². The van der Waals surface area contributed by atoms with E-state index < -0.39 is 6.29 Å². The molecule has 0 fully saturated rings. The van der Waals surface area contributed by atoms with Crippen LogP contribution in [0.2, 0.25) is 0 Å². The zero-order valence-electron chi connectivity index (χ0n) is 8.69. The summed E-state index contributed by atoms with van der Waals surface area (Å²) in [7, 11) is 0. The maximum Gasteiger partial charge on any atom is 0.178 e. The van der Waals surface area contributed by atoms with Gasteiger partial charge in [0.1, 0.15) is 11.4 Å². The maximum atomic E-state index is 8.86. The highest BCUT2D eigenvalue weighted by Crippen LogP contribution is 2.20. The van der Waals surface area contributed by atoms with Gasteiger partial charge in [0.05, 0.1) is 0 Å². The van der Waals surface area contributed by atoms with E-state index in [0.29, 0.717) is 5.56 Å². The Kier molecular flexibility index (Phi) is 3.13. The highest BCUT2D eigenvalue weighted by atomic mass is 16.5. The Morgan fingerprint density at radius 3 is 1.93 bits per heavy atom. The van der Waals surface area contributed by atoms with Crippen LogP contribution < -0.4 is 4.74 Å². The summed E-state index contributed by atoms with van der Waals surface area (Å²) in [6.07, 6.45) is -1.42. The first-order valence-electron chi connectivity index (χ1n) is 4.53. The number of hydrogen-bond donors (Lipinski definition) is 2. The average molecular weight is 196 g/mol. The summed E-state index contributed by atoms with van der Waals surface area (Å²) in [5.41, 5.74) is 0.227. The van der Waals surface area contributed by atoms with Gasteiger partial charge in [0.15, 0.2) is 6.29 Å². The molecule has 0 spiro atoms. The lowest BCUT2D eigenvalue weighted by Crippen LogP contribution is -2.22. The molecular formula is C11H16O3. The summed E-state index contributed by atoms with van der Waals surface area (Å²) in [5.74, 6) is 0.724. The van der Waals surface area contributed by atoms with Crippen molar-refractivity contribution in [3.63, 3.8) is 0 Å². The largest absolute Gasteiger partial charge is 0.488 e. The Hall–Kier alpha value is -1.06. The smallest absolute Gasteiger partial charge is 0.178 e. The summed E-state index contributed by atoms with van der Waals surface area (Å²) < 4.78 is 5.57. The van der Waals surface area contributed by atoms with Crippen molar-refractivity contribution in [2.45, 2.75) is 32.7 Å². The molecular weight excluding hydrogens is 180 g/mol. The molecule has 1 rings (SSSR count). The van der Waals surface area contributed by atoms with Crippen LogP contribution in [0.15, 0.2) is 24.3 Å². The molecule has 0 atom stereocenters. The Balaban J connectivity index is 2.74. The molecule has 14 heavy (non-hydrogen) atoms. The van der Waals surface area contributed by atoms with Crippen molar-refractivity contribution in [1.82, 2.24) is 0 Å². The van der Waals surface area contributed by atoms with Crippen molar-refractivity contribution >= 4 is 0 Å². The SMILES string of the molecule is CC(C)(C)Oc1ccc(C(O)O)cc1. The van der Waals surface area contributed by atoms with Crippen LogP contribution >= 0.6 is 0 Å². The van der Waals surface area contributed by atoms with E-state index in [1.165, 1.54) is 0 Å². The van der Waals surface area contributed by atoms with E-state index in [1.54, 1.807) is 24.3 Å².